The number of aromatic nitrogens is 4. The highest BCUT2D eigenvalue weighted by molar-refractivity contribution is 6.00. The molecule has 0 atom stereocenters. The number of fused-ring (bicyclic) bond motifs is 1. The molecular weight excluding hydrogens is 404 g/mol. The lowest BCUT2D eigenvalue weighted by atomic mass is 9.92. The first-order chi connectivity index (χ1) is 15.9. The summed E-state index contributed by atoms with van der Waals surface area (Å²) < 4.78 is 24.0. The van der Waals surface area contributed by atoms with Crippen LogP contribution in [0.25, 0.3) is 22.2 Å². The molecule has 0 aliphatic heterocycles. The van der Waals surface area contributed by atoms with Crippen molar-refractivity contribution in [3.8, 4) is 11.1 Å². The van der Waals surface area contributed by atoms with E-state index in [0.717, 1.165) is 22.2 Å². The van der Waals surface area contributed by atoms with Crippen molar-refractivity contribution in [3.05, 3.63) is 54.1 Å². The van der Waals surface area contributed by atoms with Gasteiger partial charge in [-0.25, -0.2) is 9.97 Å². The molecule has 0 bridgehead atoms. The smallest absolute Gasteiger partial charge is 0.231 e. The summed E-state index contributed by atoms with van der Waals surface area (Å²) in [4.78, 5) is 21.3. The molecule has 0 aliphatic carbocycles. The molecule has 1 amide bonds. The minimum Gasteiger partial charge on any atom is -0.383 e. The van der Waals surface area contributed by atoms with Crippen LogP contribution in [-0.2, 0) is 16.6 Å². The number of rotatable bonds is 5. The van der Waals surface area contributed by atoms with Gasteiger partial charge in [-0.3, -0.25) is 10.1 Å². The van der Waals surface area contributed by atoms with Crippen LogP contribution in [0.4, 0.5) is 11.7 Å². The third kappa shape index (κ3) is 4.21. The SMILES string of the molecule is [2H]C([2H])(C(=O)Nc1cc(C(C)(C)C)no1)c1ccc(-c2cn(C(C)C)c3ncnc(N)c23)cc1. The molecule has 0 saturated heterocycles. The van der Waals surface area contributed by atoms with E-state index in [0.29, 0.717) is 11.5 Å². The quantitative estimate of drug-likeness (QED) is 0.470. The molecule has 0 saturated carbocycles. The van der Waals surface area contributed by atoms with Gasteiger partial charge in [0.1, 0.15) is 17.8 Å². The number of nitrogens with zero attached hydrogens (tertiary/aromatic N) is 4. The number of nitrogen functional groups attached to an aromatic ring is 1. The largest absolute Gasteiger partial charge is 0.383 e. The maximum atomic E-state index is 12.7. The zero-order valence-electron chi connectivity index (χ0n) is 20.8. The Morgan fingerprint density at radius 2 is 1.97 bits per heavy atom. The monoisotopic (exact) mass is 434 g/mol. The molecule has 0 unspecified atom stereocenters. The van der Waals surface area contributed by atoms with E-state index in [2.05, 4.69) is 34.3 Å². The topological polar surface area (TPSA) is 112 Å². The number of carbonyl (C=O) groups is 1. The second kappa shape index (κ2) is 8.11. The molecule has 3 heterocycles. The number of benzene rings is 1. The van der Waals surface area contributed by atoms with Gasteiger partial charge in [-0.15, -0.1) is 0 Å². The predicted molar refractivity (Wildman–Crippen MR) is 125 cm³/mol. The van der Waals surface area contributed by atoms with Crippen molar-refractivity contribution in [1.29, 1.82) is 0 Å². The summed E-state index contributed by atoms with van der Waals surface area (Å²) in [5, 5.41) is 7.18. The highest BCUT2D eigenvalue weighted by atomic mass is 16.5. The zero-order valence-corrected chi connectivity index (χ0v) is 18.8. The second-order valence-corrected chi connectivity index (χ2v) is 8.98. The van der Waals surface area contributed by atoms with E-state index in [4.69, 9.17) is 13.0 Å². The first-order valence-corrected chi connectivity index (χ1v) is 10.4. The molecule has 0 spiro atoms. The summed E-state index contributed by atoms with van der Waals surface area (Å²) in [7, 11) is 0. The van der Waals surface area contributed by atoms with E-state index in [1.165, 1.54) is 6.33 Å². The first kappa shape index (κ1) is 19.0. The minimum atomic E-state index is -2.29. The summed E-state index contributed by atoms with van der Waals surface area (Å²) in [6.45, 7) is 10.0. The summed E-state index contributed by atoms with van der Waals surface area (Å²) >= 11 is 0. The fraction of sp³-hybridized carbons (Fsp3) is 0.333. The van der Waals surface area contributed by atoms with Gasteiger partial charge >= 0.3 is 0 Å². The van der Waals surface area contributed by atoms with Gasteiger partial charge in [-0.1, -0.05) is 50.2 Å². The Morgan fingerprint density at radius 3 is 2.59 bits per heavy atom. The lowest BCUT2D eigenvalue weighted by Crippen LogP contribution is -2.14. The Morgan fingerprint density at radius 1 is 1.25 bits per heavy atom. The lowest BCUT2D eigenvalue weighted by molar-refractivity contribution is -0.115. The molecule has 3 aromatic heterocycles. The van der Waals surface area contributed by atoms with E-state index in [1.54, 1.807) is 30.3 Å². The predicted octanol–water partition coefficient (Wildman–Crippen LogP) is 4.73. The molecule has 8 heteroatoms. The summed E-state index contributed by atoms with van der Waals surface area (Å²) in [6.07, 6.45) is 1.12. The van der Waals surface area contributed by atoms with Crippen LogP contribution in [0.2, 0.25) is 0 Å². The number of nitrogens with two attached hydrogens (primary N) is 1. The number of nitrogens with one attached hydrogen (secondary N) is 1. The average molecular weight is 435 g/mol. The van der Waals surface area contributed by atoms with Crippen LogP contribution in [0.15, 0.2) is 47.4 Å². The van der Waals surface area contributed by atoms with Crippen molar-refractivity contribution in [1.82, 2.24) is 19.7 Å². The van der Waals surface area contributed by atoms with E-state index in [-0.39, 0.29) is 22.9 Å². The van der Waals surface area contributed by atoms with Crippen LogP contribution >= 0.6 is 0 Å². The molecule has 1 aromatic carbocycles. The zero-order chi connectivity index (χ0) is 24.8. The van der Waals surface area contributed by atoms with Gasteiger partial charge in [0.05, 0.1) is 17.5 Å². The van der Waals surface area contributed by atoms with Crippen molar-refractivity contribution >= 4 is 28.6 Å². The van der Waals surface area contributed by atoms with Crippen molar-refractivity contribution in [2.24, 2.45) is 0 Å². The molecule has 0 fully saturated rings. The van der Waals surface area contributed by atoms with E-state index >= 15 is 0 Å². The van der Waals surface area contributed by atoms with Crippen molar-refractivity contribution in [2.75, 3.05) is 11.1 Å². The number of carbonyl (C=O) groups excluding carboxylic acids is 1. The Kier molecular flexibility index (Phi) is 4.82. The van der Waals surface area contributed by atoms with E-state index in [1.807, 2.05) is 31.5 Å². The molecule has 8 nitrogen and oxygen atoms in total. The Balaban J connectivity index is 1.62. The number of anilines is 2. The molecule has 4 aromatic rings. The van der Waals surface area contributed by atoms with Crippen molar-refractivity contribution in [2.45, 2.75) is 52.4 Å². The van der Waals surface area contributed by atoms with Crippen LogP contribution in [0, 0.1) is 0 Å². The standard InChI is InChI=1S/C24H28N6O2/c1-14(2)30-12-17(21-22(25)26-13-27-23(21)30)16-8-6-15(7-9-16)10-19(31)28-20-11-18(29-32-20)24(3,4)5/h6-9,11-14H,10H2,1-5H3,(H,28,31)(H2,25,26,27)/i10D2. The molecule has 166 valence electrons. The molecule has 32 heavy (non-hydrogen) atoms. The molecule has 0 radical (unpaired) electrons. The van der Waals surface area contributed by atoms with Gasteiger partial charge in [0.15, 0.2) is 0 Å². The van der Waals surface area contributed by atoms with E-state index in [9.17, 15) is 4.79 Å². The van der Waals surface area contributed by atoms with Gasteiger partial charge in [0, 0.05) is 32.0 Å². The van der Waals surface area contributed by atoms with Crippen LogP contribution in [0.5, 0.6) is 0 Å². The normalized spacial score (nSPS) is 13.3. The van der Waals surface area contributed by atoms with Gasteiger partial charge in [0.25, 0.3) is 0 Å². The van der Waals surface area contributed by atoms with E-state index < -0.39 is 12.3 Å². The Labute approximate surface area is 189 Å². The van der Waals surface area contributed by atoms with Gasteiger partial charge in [-0.05, 0) is 25.0 Å². The van der Waals surface area contributed by atoms with Crippen LogP contribution in [0.1, 0.15) is 54.7 Å². The third-order valence-corrected chi connectivity index (χ3v) is 5.16. The average Bonchev–Trinajstić information content (AvgIpc) is 3.39. The fourth-order valence-electron chi connectivity index (χ4n) is 3.42. The molecule has 3 N–H and O–H groups in total. The maximum Gasteiger partial charge on any atom is 0.231 e. The maximum absolute atomic E-state index is 12.7. The van der Waals surface area contributed by atoms with Crippen LogP contribution in [-0.4, -0.2) is 25.6 Å². The second-order valence-electron chi connectivity index (χ2n) is 8.98. The number of amides is 1. The van der Waals surface area contributed by atoms with Crippen LogP contribution < -0.4 is 11.1 Å². The Bertz CT molecular complexity index is 1350. The lowest BCUT2D eigenvalue weighted by Gasteiger charge is -2.12. The van der Waals surface area contributed by atoms with Crippen molar-refractivity contribution < 1.29 is 12.1 Å². The van der Waals surface area contributed by atoms with Crippen LogP contribution in [0.3, 0.4) is 0 Å². The summed E-state index contributed by atoms with van der Waals surface area (Å²) in [5.41, 5.74) is 9.17. The number of hydrogen-bond acceptors (Lipinski definition) is 6. The summed E-state index contributed by atoms with van der Waals surface area (Å²) in [5.74, 6) is -0.363. The first-order valence-electron chi connectivity index (χ1n) is 11.4. The highest BCUT2D eigenvalue weighted by Crippen LogP contribution is 2.34. The minimum absolute atomic E-state index is 0.104. The highest BCUT2D eigenvalue weighted by Gasteiger charge is 2.20. The molecular formula is C24H28N6O2. The van der Waals surface area contributed by atoms with Gasteiger partial charge < -0.3 is 14.8 Å². The molecule has 0 aliphatic rings. The number of hydrogen-bond donors (Lipinski definition) is 2. The van der Waals surface area contributed by atoms with Crippen molar-refractivity contribution in [3.63, 3.8) is 0 Å². The fourth-order valence-corrected chi connectivity index (χ4v) is 3.42. The Hall–Kier alpha value is -3.68. The molecule has 4 rings (SSSR count). The third-order valence-electron chi connectivity index (χ3n) is 5.16. The van der Waals surface area contributed by atoms with Gasteiger partial charge in [-0.2, -0.15) is 0 Å². The summed E-state index contributed by atoms with van der Waals surface area (Å²) in [6, 6.07) is 8.48. The van der Waals surface area contributed by atoms with Gasteiger partial charge in [0.2, 0.25) is 11.8 Å².